The highest BCUT2D eigenvalue weighted by Gasteiger charge is 2.09. The quantitative estimate of drug-likeness (QED) is 0.430. The number of nitrogens with zero attached hydrogens (tertiary/aromatic N) is 2. The lowest BCUT2D eigenvalue weighted by Gasteiger charge is -2.20. The number of anilines is 2. The third kappa shape index (κ3) is 8.81. The number of benzene rings is 2. The van der Waals surface area contributed by atoms with Gasteiger partial charge in [-0.3, -0.25) is 19.3 Å². The summed E-state index contributed by atoms with van der Waals surface area (Å²) in [6.45, 7) is 4.50. The zero-order valence-electron chi connectivity index (χ0n) is 18.8. The monoisotopic (exact) mass is 512 g/mol. The first kappa shape index (κ1) is 26.8. The summed E-state index contributed by atoms with van der Waals surface area (Å²) in [4.78, 5) is 7.01. The first-order chi connectivity index (χ1) is 15.0. The van der Waals surface area contributed by atoms with Crippen LogP contribution in [-0.2, 0) is 33.0 Å². The molecule has 0 aliphatic heterocycles. The van der Waals surface area contributed by atoms with Gasteiger partial charge in [0.05, 0.1) is 23.7 Å². The molecule has 0 aliphatic rings. The molecule has 0 radical (unpaired) electrons. The highest BCUT2D eigenvalue weighted by Crippen LogP contribution is 2.20. The van der Waals surface area contributed by atoms with Crippen LogP contribution in [0.3, 0.4) is 0 Å². The van der Waals surface area contributed by atoms with Gasteiger partial charge in [-0.25, -0.2) is 16.8 Å². The Morgan fingerprint density at radius 1 is 0.848 bits per heavy atom. The highest BCUT2D eigenvalue weighted by atomic mass is 35.5. The summed E-state index contributed by atoms with van der Waals surface area (Å²) < 4.78 is 50.4. The van der Waals surface area contributed by atoms with Crippen LogP contribution in [0.2, 0.25) is 0 Å². The van der Waals surface area contributed by atoms with E-state index in [2.05, 4.69) is 21.3 Å². The SMILES string of the molecule is CCN(CCc1ccc(NS(C)(=O)=O)cc1)Cc1ccc2cc(NS(C)(=O)=O)ccc2n1.Cl. The molecule has 180 valence electrons. The average molecular weight is 513 g/mol. The van der Waals surface area contributed by atoms with E-state index in [4.69, 9.17) is 4.98 Å². The fraction of sp³-hybridized carbons (Fsp3) is 0.318. The Bertz CT molecular complexity index is 1300. The van der Waals surface area contributed by atoms with E-state index in [1.807, 2.05) is 30.3 Å². The van der Waals surface area contributed by atoms with Gasteiger partial charge in [0, 0.05) is 29.9 Å². The van der Waals surface area contributed by atoms with E-state index in [0.717, 1.165) is 54.2 Å². The lowest BCUT2D eigenvalue weighted by atomic mass is 10.1. The summed E-state index contributed by atoms with van der Waals surface area (Å²) in [5.41, 5.74) is 3.95. The van der Waals surface area contributed by atoms with Gasteiger partial charge in [0.25, 0.3) is 0 Å². The second-order valence-electron chi connectivity index (χ2n) is 7.77. The fourth-order valence-corrected chi connectivity index (χ4v) is 4.47. The molecule has 3 rings (SSSR count). The maximum absolute atomic E-state index is 11.4. The summed E-state index contributed by atoms with van der Waals surface area (Å²) in [7, 11) is -6.60. The van der Waals surface area contributed by atoms with Gasteiger partial charge in [-0.15, -0.1) is 12.4 Å². The fourth-order valence-electron chi connectivity index (χ4n) is 3.35. The van der Waals surface area contributed by atoms with E-state index in [1.54, 1.807) is 24.3 Å². The number of hydrogen-bond acceptors (Lipinski definition) is 6. The number of fused-ring (bicyclic) bond motifs is 1. The first-order valence-electron chi connectivity index (χ1n) is 10.2. The van der Waals surface area contributed by atoms with Crippen LogP contribution in [0.15, 0.2) is 54.6 Å². The molecule has 0 spiro atoms. The van der Waals surface area contributed by atoms with Gasteiger partial charge in [0.2, 0.25) is 20.0 Å². The lowest BCUT2D eigenvalue weighted by molar-refractivity contribution is 0.280. The molecule has 0 saturated heterocycles. The smallest absolute Gasteiger partial charge is 0.229 e. The summed E-state index contributed by atoms with van der Waals surface area (Å²) in [5, 5.41) is 0.869. The molecule has 2 N–H and O–H groups in total. The standard InChI is InChI=1S/C22H28N4O4S2.ClH/c1-4-26(14-13-17-5-8-19(9-6-17)24-31(2,27)28)16-21-10-7-18-15-20(25-32(3,29)30)11-12-22(18)23-21;/h5-12,15,24-25H,4,13-14,16H2,1-3H3;1H. The number of halogens is 1. The number of pyridine rings is 1. The lowest BCUT2D eigenvalue weighted by Crippen LogP contribution is -2.25. The van der Waals surface area contributed by atoms with Gasteiger partial charge in [-0.2, -0.15) is 0 Å². The zero-order chi connectivity index (χ0) is 23.4. The minimum Gasteiger partial charge on any atom is -0.297 e. The van der Waals surface area contributed by atoms with Gasteiger partial charge in [0.15, 0.2) is 0 Å². The minimum atomic E-state index is -3.32. The van der Waals surface area contributed by atoms with E-state index in [0.29, 0.717) is 17.9 Å². The number of rotatable bonds is 10. The Labute approximate surface area is 201 Å². The summed E-state index contributed by atoms with van der Waals surface area (Å²) in [6.07, 6.45) is 3.09. The Hall–Kier alpha value is -2.40. The Morgan fingerprint density at radius 2 is 1.45 bits per heavy atom. The normalized spacial score (nSPS) is 11.9. The third-order valence-corrected chi connectivity index (χ3v) is 6.07. The molecule has 0 aliphatic carbocycles. The molecule has 11 heteroatoms. The van der Waals surface area contributed by atoms with E-state index >= 15 is 0 Å². The molecule has 1 heterocycles. The summed E-state index contributed by atoms with van der Waals surface area (Å²) in [6, 6.07) is 16.6. The number of aromatic nitrogens is 1. The molecular formula is C22H29ClN4O4S2. The molecule has 0 fully saturated rings. The summed E-state index contributed by atoms with van der Waals surface area (Å²) >= 11 is 0. The molecular weight excluding hydrogens is 484 g/mol. The molecule has 0 amide bonds. The van der Waals surface area contributed by atoms with Crippen molar-refractivity contribution in [2.45, 2.75) is 19.9 Å². The van der Waals surface area contributed by atoms with Gasteiger partial charge < -0.3 is 0 Å². The number of nitrogens with one attached hydrogen (secondary N) is 2. The van der Waals surface area contributed by atoms with Gasteiger partial charge in [-0.1, -0.05) is 25.1 Å². The topological polar surface area (TPSA) is 108 Å². The van der Waals surface area contributed by atoms with E-state index in [9.17, 15) is 16.8 Å². The predicted molar refractivity (Wildman–Crippen MR) is 137 cm³/mol. The predicted octanol–water partition coefficient (Wildman–Crippen LogP) is 3.46. The van der Waals surface area contributed by atoms with E-state index < -0.39 is 20.0 Å². The maximum atomic E-state index is 11.4. The van der Waals surface area contributed by atoms with Crippen LogP contribution in [0.1, 0.15) is 18.2 Å². The van der Waals surface area contributed by atoms with E-state index in [1.165, 1.54) is 0 Å². The minimum absolute atomic E-state index is 0. The molecule has 0 unspecified atom stereocenters. The number of sulfonamides is 2. The zero-order valence-corrected chi connectivity index (χ0v) is 21.2. The maximum Gasteiger partial charge on any atom is 0.229 e. The van der Waals surface area contributed by atoms with Gasteiger partial charge >= 0.3 is 0 Å². The summed E-state index contributed by atoms with van der Waals surface area (Å²) in [5.74, 6) is 0. The Kier molecular flexibility index (Phi) is 9.07. The molecule has 3 aromatic rings. The van der Waals surface area contributed by atoms with Crippen LogP contribution in [-0.4, -0.2) is 52.3 Å². The van der Waals surface area contributed by atoms with Crippen LogP contribution >= 0.6 is 12.4 Å². The van der Waals surface area contributed by atoms with Crippen molar-refractivity contribution in [1.29, 1.82) is 0 Å². The van der Waals surface area contributed by atoms with Gasteiger partial charge in [0.1, 0.15) is 0 Å². The molecule has 0 atom stereocenters. The number of hydrogen-bond donors (Lipinski definition) is 2. The van der Waals surface area contributed by atoms with Crippen molar-refractivity contribution in [1.82, 2.24) is 9.88 Å². The van der Waals surface area contributed by atoms with Crippen molar-refractivity contribution in [2.24, 2.45) is 0 Å². The van der Waals surface area contributed by atoms with Crippen molar-refractivity contribution in [3.63, 3.8) is 0 Å². The average Bonchev–Trinajstić information content (AvgIpc) is 2.70. The second kappa shape index (κ2) is 11.1. The van der Waals surface area contributed by atoms with Crippen LogP contribution in [0, 0.1) is 0 Å². The van der Waals surface area contributed by atoms with Crippen LogP contribution < -0.4 is 9.44 Å². The second-order valence-corrected chi connectivity index (χ2v) is 11.3. The highest BCUT2D eigenvalue weighted by molar-refractivity contribution is 7.92. The van der Waals surface area contributed by atoms with Crippen molar-refractivity contribution in [3.8, 4) is 0 Å². The van der Waals surface area contributed by atoms with Crippen molar-refractivity contribution < 1.29 is 16.8 Å². The van der Waals surface area contributed by atoms with Crippen molar-refractivity contribution >= 4 is 54.7 Å². The molecule has 8 nitrogen and oxygen atoms in total. The molecule has 1 aromatic heterocycles. The largest absolute Gasteiger partial charge is 0.297 e. The molecule has 33 heavy (non-hydrogen) atoms. The molecule has 2 aromatic carbocycles. The molecule has 0 bridgehead atoms. The van der Waals surface area contributed by atoms with Crippen LogP contribution in [0.4, 0.5) is 11.4 Å². The van der Waals surface area contributed by atoms with Crippen molar-refractivity contribution in [2.75, 3.05) is 35.0 Å². The molecule has 0 saturated carbocycles. The van der Waals surface area contributed by atoms with Gasteiger partial charge in [-0.05, 0) is 54.9 Å². The van der Waals surface area contributed by atoms with Crippen LogP contribution in [0.25, 0.3) is 10.9 Å². The number of likely N-dealkylation sites (N-methyl/N-ethyl adjacent to an activating group) is 1. The third-order valence-electron chi connectivity index (χ3n) is 4.86. The van der Waals surface area contributed by atoms with Crippen molar-refractivity contribution in [3.05, 3.63) is 65.9 Å². The Morgan fingerprint density at radius 3 is 2.06 bits per heavy atom. The van der Waals surface area contributed by atoms with Crippen LogP contribution in [0.5, 0.6) is 0 Å². The first-order valence-corrected chi connectivity index (χ1v) is 14.0. The Balaban J connectivity index is 0.00000385. The van der Waals surface area contributed by atoms with E-state index in [-0.39, 0.29) is 12.4 Å².